The number of hydrogen-bond donors (Lipinski definition) is 1. The van der Waals surface area contributed by atoms with E-state index in [0.29, 0.717) is 5.56 Å². The van der Waals surface area contributed by atoms with Crippen LogP contribution in [-0.4, -0.2) is 18.0 Å². The Morgan fingerprint density at radius 2 is 1.70 bits per heavy atom. The quantitative estimate of drug-likeness (QED) is 0.470. The maximum absolute atomic E-state index is 13.3. The van der Waals surface area contributed by atoms with Crippen LogP contribution in [0.4, 0.5) is 0 Å². The van der Waals surface area contributed by atoms with E-state index in [4.69, 9.17) is 9.72 Å². The number of nitrogens with one attached hydrogen (secondary N) is 1. The van der Waals surface area contributed by atoms with Crippen molar-refractivity contribution in [3.8, 4) is 17.0 Å². The highest BCUT2D eigenvalue weighted by Crippen LogP contribution is 2.27. The summed E-state index contributed by atoms with van der Waals surface area (Å²) in [7, 11) is 1.64. The van der Waals surface area contributed by atoms with Crippen molar-refractivity contribution in [3.63, 3.8) is 0 Å². The molecule has 1 N–H and O–H groups in total. The molecule has 150 valence electrons. The number of benzene rings is 3. The van der Waals surface area contributed by atoms with Crippen molar-refractivity contribution < 1.29 is 9.53 Å². The Hall–Kier alpha value is -3.66. The van der Waals surface area contributed by atoms with E-state index in [0.717, 1.165) is 39.0 Å². The second-order valence-electron chi connectivity index (χ2n) is 7.41. The lowest BCUT2D eigenvalue weighted by Gasteiger charge is -2.16. The van der Waals surface area contributed by atoms with E-state index in [1.807, 2.05) is 92.7 Å². The number of carbonyl (C=O) groups excluding carboxylic acids is 1. The predicted octanol–water partition coefficient (Wildman–Crippen LogP) is 5.71. The molecule has 0 aliphatic rings. The molecule has 0 spiro atoms. The summed E-state index contributed by atoms with van der Waals surface area (Å²) in [5.41, 5.74) is 5.26. The summed E-state index contributed by atoms with van der Waals surface area (Å²) in [5, 5.41) is 3.99. The van der Waals surface area contributed by atoms with Gasteiger partial charge >= 0.3 is 0 Å². The molecule has 0 saturated carbocycles. The lowest BCUT2D eigenvalue weighted by atomic mass is 10.0. The highest BCUT2D eigenvalue weighted by Gasteiger charge is 2.17. The van der Waals surface area contributed by atoms with E-state index < -0.39 is 0 Å². The fourth-order valence-electron chi connectivity index (χ4n) is 3.54. The normalized spacial score (nSPS) is 11.8. The molecule has 0 radical (unpaired) electrons. The highest BCUT2D eigenvalue weighted by atomic mass is 16.5. The van der Waals surface area contributed by atoms with E-state index >= 15 is 0 Å². The molecule has 4 rings (SSSR count). The maximum Gasteiger partial charge on any atom is 0.252 e. The number of methoxy groups -OCH3 is 1. The van der Waals surface area contributed by atoms with Gasteiger partial charge in [-0.05, 0) is 61.9 Å². The summed E-state index contributed by atoms with van der Waals surface area (Å²) in [6.07, 6.45) is 0. The van der Waals surface area contributed by atoms with E-state index in [1.54, 1.807) is 7.11 Å². The largest absolute Gasteiger partial charge is 0.497 e. The number of amides is 1. The number of aromatic nitrogens is 1. The van der Waals surface area contributed by atoms with Crippen LogP contribution in [0.1, 0.15) is 34.5 Å². The number of hydrogen-bond acceptors (Lipinski definition) is 3. The number of aryl methyl sites for hydroxylation is 1. The van der Waals surface area contributed by atoms with Crippen molar-refractivity contribution in [2.75, 3.05) is 7.11 Å². The average molecular weight is 396 g/mol. The molecule has 4 aromatic rings. The standard InChI is InChI=1S/C26H24N2O2/c1-17-9-14-24-22(15-17)23(26(29)27-18(2)19-7-5-4-6-8-19)16-25(28-24)20-10-12-21(30-3)13-11-20/h4-16,18H,1-3H3,(H,27,29)/t18-/m1/s1. The number of ether oxygens (including phenoxy) is 1. The van der Waals surface area contributed by atoms with Gasteiger partial charge in [0.15, 0.2) is 0 Å². The maximum atomic E-state index is 13.3. The van der Waals surface area contributed by atoms with Crippen LogP contribution in [0.2, 0.25) is 0 Å². The highest BCUT2D eigenvalue weighted by molar-refractivity contribution is 6.07. The summed E-state index contributed by atoms with van der Waals surface area (Å²) in [4.78, 5) is 18.1. The van der Waals surface area contributed by atoms with E-state index in [-0.39, 0.29) is 11.9 Å². The first-order valence-corrected chi connectivity index (χ1v) is 9.97. The van der Waals surface area contributed by atoms with Gasteiger partial charge in [-0.25, -0.2) is 4.98 Å². The van der Waals surface area contributed by atoms with Crippen LogP contribution >= 0.6 is 0 Å². The second-order valence-corrected chi connectivity index (χ2v) is 7.41. The lowest BCUT2D eigenvalue weighted by molar-refractivity contribution is 0.0941. The van der Waals surface area contributed by atoms with Gasteiger partial charge in [-0.15, -0.1) is 0 Å². The van der Waals surface area contributed by atoms with Crippen molar-refractivity contribution in [2.24, 2.45) is 0 Å². The zero-order chi connectivity index (χ0) is 21.1. The first kappa shape index (κ1) is 19.6. The van der Waals surface area contributed by atoms with Gasteiger partial charge in [0.25, 0.3) is 5.91 Å². The van der Waals surface area contributed by atoms with Gasteiger partial charge in [0.1, 0.15) is 5.75 Å². The Morgan fingerprint density at radius 3 is 2.40 bits per heavy atom. The molecule has 0 aliphatic carbocycles. The molecule has 30 heavy (non-hydrogen) atoms. The molecule has 0 bridgehead atoms. The predicted molar refractivity (Wildman–Crippen MR) is 121 cm³/mol. The fraction of sp³-hybridized carbons (Fsp3) is 0.154. The van der Waals surface area contributed by atoms with Crippen LogP contribution < -0.4 is 10.1 Å². The summed E-state index contributed by atoms with van der Waals surface area (Å²) < 4.78 is 5.25. The summed E-state index contributed by atoms with van der Waals surface area (Å²) >= 11 is 0. The van der Waals surface area contributed by atoms with Gasteiger partial charge in [0.2, 0.25) is 0 Å². The smallest absolute Gasteiger partial charge is 0.252 e. The van der Waals surface area contributed by atoms with Crippen LogP contribution in [0, 0.1) is 6.92 Å². The SMILES string of the molecule is COc1ccc(-c2cc(C(=O)N[C@H](C)c3ccccc3)c3cc(C)ccc3n2)cc1. The Kier molecular flexibility index (Phi) is 5.48. The Bertz CT molecular complexity index is 1190. The summed E-state index contributed by atoms with van der Waals surface area (Å²) in [5.74, 6) is 0.670. The number of carbonyl (C=O) groups is 1. The number of nitrogens with zero attached hydrogens (tertiary/aromatic N) is 1. The minimum absolute atomic E-state index is 0.101. The molecule has 1 heterocycles. The van der Waals surface area contributed by atoms with Crippen LogP contribution in [0.3, 0.4) is 0 Å². The molecule has 0 aliphatic heterocycles. The van der Waals surface area contributed by atoms with E-state index in [1.165, 1.54) is 0 Å². The van der Waals surface area contributed by atoms with Crippen molar-refractivity contribution in [2.45, 2.75) is 19.9 Å². The van der Waals surface area contributed by atoms with Crippen molar-refractivity contribution in [1.82, 2.24) is 10.3 Å². The molecule has 3 aromatic carbocycles. The van der Waals surface area contributed by atoms with Gasteiger partial charge in [0.05, 0.1) is 29.9 Å². The van der Waals surface area contributed by atoms with Gasteiger partial charge in [-0.2, -0.15) is 0 Å². The van der Waals surface area contributed by atoms with Gasteiger partial charge < -0.3 is 10.1 Å². The summed E-state index contributed by atoms with van der Waals surface area (Å²) in [6, 6.07) is 25.4. The third-order valence-electron chi connectivity index (χ3n) is 5.24. The van der Waals surface area contributed by atoms with Crippen molar-refractivity contribution in [1.29, 1.82) is 0 Å². The second kappa shape index (κ2) is 8.37. The molecule has 0 unspecified atom stereocenters. The first-order chi connectivity index (χ1) is 14.5. The van der Waals surface area contributed by atoms with Crippen LogP contribution in [0.5, 0.6) is 5.75 Å². The Balaban J connectivity index is 1.76. The molecule has 4 heteroatoms. The molecule has 4 nitrogen and oxygen atoms in total. The van der Waals surface area contributed by atoms with Crippen LogP contribution in [-0.2, 0) is 0 Å². The molecule has 0 saturated heterocycles. The van der Waals surface area contributed by atoms with E-state index in [2.05, 4.69) is 5.32 Å². The third-order valence-corrected chi connectivity index (χ3v) is 5.24. The van der Waals surface area contributed by atoms with Gasteiger partial charge in [0, 0.05) is 10.9 Å². The van der Waals surface area contributed by atoms with Crippen LogP contribution in [0.25, 0.3) is 22.2 Å². The third kappa shape index (κ3) is 4.03. The fourth-order valence-corrected chi connectivity index (χ4v) is 3.54. The van der Waals surface area contributed by atoms with Crippen molar-refractivity contribution in [3.05, 3.63) is 95.6 Å². The molecule has 0 fully saturated rings. The lowest BCUT2D eigenvalue weighted by Crippen LogP contribution is -2.27. The van der Waals surface area contributed by atoms with Crippen LogP contribution in [0.15, 0.2) is 78.9 Å². The van der Waals surface area contributed by atoms with Gasteiger partial charge in [-0.3, -0.25) is 4.79 Å². The molecular formula is C26H24N2O2. The Morgan fingerprint density at radius 1 is 0.967 bits per heavy atom. The molecule has 1 amide bonds. The zero-order valence-electron chi connectivity index (χ0n) is 17.3. The summed E-state index contributed by atoms with van der Waals surface area (Å²) in [6.45, 7) is 4.01. The Labute approximate surface area is 176 Å². The van der Waals surface area contributed by atoms with Crippen molar-refractivity contribution >= 4 is 16.8 Å². The number of fused-ring (bicyclic) bond motifs is 1. The molecule has 1 aromatic heterocycles. The topological polar surface area (TPSA) is 51.2 Å². The van der Waals surface area contributed by atoms with Gasteiger partial charge in [-0.1, -0.05) is 42.0 Å². The number of rotatable bonds is 5. The molecular weight excluding hydrogens is 372 g/mol. The zero-order valence-corrected chi connectivity index (χ0v) is 17.3. The monoisotopic (exact) mass is 396 g/mol. The first-order valence-electron chi connectivity index (χ1n) is 9.97. The van der Waals surface area contributed by atoms with E-state index in [9.17, 15) is 4.79 Å². The molecule has 1 atom stereocenters. The number of pyridine rings is 1. The average Bonchev–Trinajstić information content (AvgIpc) is 2.79. The minimum Gasteiger partial charge on any atom is -0.497 e. The minimum atomic E-state index is -0.112.